The molecule has 0 amide bonds. The van der Waals surface area contributed by atoms with Crippen molar-refractivity contribution >= 4 is 40.0 Å². The summed E-state index contributed by atoms with van der Waals surface area (Å²) in [5.74, 6) is 0.253. The summed E-state index contributed by atoms with van der Waals surface area (Å²) < 4.78 is 5.04. The van der Waals surface area contributed by atoms with E-state index in [-0.39, 0.29) is 0 Å². The molecule has 0 aliphatic heterocycles. The lowest BCUT2D eigenvalue weighted by molar-refractivity contribution is 0.0528. The zero-order valence-electron chi connectivity index (χ0n) is 11.9. The maximum Gasteiger partial charge on any atom is 0.341 e. The molecule has 0 bridgehead atoms. The molecule has 0 unspecified atom stereocenters. The number of carbonyl (C=O) groups is 1. The van der Waals surface area contributed by atoms with Gasteiger partial charge in [-0.3, -0.25) is 0 Å². The summed E-state index contributed by atoms with van der Waals surface area (Å²) in [7, 11) is 0. The van der Waals surface area contributed by atoms with Crippen molar-refractivity contribution in [3.63, 3.8) is 0 Å². The monoisotopic (exact) mass is 315 g/mol. The summed E-state index contributed by atoms with van der Waals surface area (Å²) in [5.41, 5.74) is 1.93. The van der Waals surface area contributed by atoms with Gasteiger partial charge in [-0.15, -0.1) is 0 Å². The van der Waals surface area contributed by atoms with E-state index >= 15 is 0 Å². The first-order valence-electron chi connectivity index (χ1n) is 6.85. The van der Waals surface area contributed by atoms with Crippen LogP contribution in [0.2, 0.25) is 5.02 Å². The van der Waals surface area contributed by atoms with Crippen LogP contribution in [0, 0.1) is 0 Å². The second kappa shape index (κ2) is 6.07. The Balaban J connectivity index is 2.00. The summed E-state index contributed by atoms with van der Waals surface area (Å²) >= 11 is 5.98. The Kier molecular flexibility index (Phi) is 3.98. The molecule has 2 aromatic heterocycles. The average molecular weight is 316 g/mol. The normalized spacial score (nSPS) is 10.6. The Morgan fingerprint density at radius 3 is 3.05 bits per heavy atom. The molecule has 1 aromatic carbocycles. The Bertz CT molecular complexity index is 829. The number of pyridine rings is 1. The topological polar surface area (TPSA) is 67.0 Å². The average Bonchev–Trinajstić information content (AvgIpc) is 2.97. The van der Waals surface area contributed by atoms with Crippen LogP contribution < -0.4 is 5.32 Å². The largest absolute Gasteiger partial charge is 0.462 e. The number of halogens is 1. The number of rotatable bonds is 4. The van der Waals surface area contributed by atoms with Crippen LogP contribution >= 0.6 is 11.6 Å². The third-order valence-corrected chi connectivity index (χ3v) is 3.41. The molecule has 22 heavy (non-hydrogen) atoms. The summed E-state index contributed by atoms with van der Waals surface area (Å²) in [5, 5.41) is 4.65. The number of hydrogen-bond donors (Lipinski definition) is 2. The number of hydrogen-bond acceptors (Lipinski definition) is 4. The van der Waals surface area contributed by atoms with Gasteiger partial charge in [-0.2, -0.15) is 0 Å². The predicted octanol–water partition coefficient (Wildman–Crippen LogP) is 4.14. The van der Waals surface area contributed by atoms with E-state index in [0.717, 1.165) is 11.1 Å². The van der Waals surface area contributed by atoms with Crippen molar-refractivity contribution in [2.75, 3.05) is 11.9 Å². The van der Waals surface area contributed by atoms with E-state index in [4.69, 9.17) is 16.3 Å². The molecule has 3 rings (SSSR count). The van der Waals surface area contributed by atoms with E-state index in [1.807, 2.05) is 18.2 Å². The van der Waals surface area contributed by atoms with Gasteiger partial charge in [-0.05, 0) is 31.2 Å². The zero-order chi connectivity index (χ0) is 15.5. The molecule has 112 valence electrons. The lowest BCUT2D eigenvalue weighted by Gasteiger charge is -2.09. The molecule has 0 saturated carbocycles. The lowest BCUT2D eigenvalue weighted by Crippen LogP contribution is -2.07. The number of fused-ring (bicyclic) bond motifs is 1. The van der Waals surface area contributed by atoms with Crippen LogP contribution in [0.4, 0.5) is 11.5 Å². The summed E-state index contributed by atoms with van der Waals surface area (Å²) in [6.45, 7) is 2.09. The number of aromatic amines is 1. The summed E-state index contributed by atoms with van der Waals surface area (Å²) in [6.07, 6.45) is 3.27. The van der Waals surface area contributed by atoms with E-state index in [9.17, 15) is 4.79 Å². The number of benzene rings is 1. The fourth-order valence-electron chi connectivity index (χ4n) is 2.22. The molecule has 2 N–H and O–H groups in total. The zero-order valence-corrected chi connectivity index (χ0v) is 12.6. The van der Waals surface area contributed by atoms with Crippen LogP contribution in [0.15, 0.2) is 42.7 Å². The van der Waals surface area contributed by atoms with Crippen LogP contribution in [0.3, 0.4) is 0 Å². The van der Waals surface area contributed by atoms with Gasteiger partial charge in [0.1, 0.15) is 11.4 Å². The second-order valence-electron chi connectivity index (χ2n) is 4.64. The Morgan fingerprint density at radius 2 is 2.27 bits per heavy atom. The molecule has 0 aliphatic carbocycles. The van der Waals surface area contributed by atoms with Crippen LogP contribution in [-0.2, 0) is 4.74 Å². The van der Waals surface area contributed by atoms with Gasteiger partial charge in [0.05, 0.1) is 12.1 Å². The minimum absolute atomic E-state index is 0.323. The van der Waals surface area contributed by atoms with E-state index in [1.165, 1.54) is 6.20 Å². The molecule has 5 nitrogen and oxygen atoms in total. The summed E-state index contributed by atoms with van der Waals surface area (Å²) in [6, 6.07) is 9.21. The summed E-state index contributed by atoms with van der Waals surface area (Å²) in [4.78, 5) is 19.3. The first-order chi connectivity index (χ1) is 10.7. The van der Waals surface area contributed by atoms with Gasteiger partial charge < -0.3 is 15.0 Å². The number of nitrogens with one attached hydrogen (secondary N) is 2. The van der Waals surface area contributed by atoms with Gasteiger partial charge in [0.2, 0.25) is 0 Å². The van der Waals surface area contributed by atoms with Gasteiger partial charge in [0.25, 0.3) is 0 Å². The highest BCUT2D eigenvalue weighted by Crippen LogP contribution is 2.27. The maximum atomic E-state index is 12.0. The van der Waals surface area contributed by atoms with Crippen molar-refractivity contribution in [1.82, 2.24) is 9.97 Å². The molecule has 3 aromatic rings. The number of anilines is 2. The molecule has 2 heterocycles. The quantitative estimate of drug-likeness (QED) is 0.710. The number of carbonyl (C=O) groups excluding carboxylic acids is 1. The number of nitrogens with zero attached hydrogens (tertiary/aromatic N) is 1. The van der Waals surface area contributed by atoms with E-state index in [0.29, 0.717) is 28.5 Å². The maximum absolute atomic E-state index is 12.0. The Hall–Kier alpha value is -2.53. The second-order valence-corrected chi connectivity index (χ2v) is 5.08. The molecular formula is C16H14ClN3O2. The molecule has 6 heteroatoms. The molecule has 0 fully saturated rings. The van der Waals surface area contributed by atoms with Crippen molar-refractivity contribution in [3.8, 4) is 0 Å². The third-order valence-electron chi connectivity index (χ3n) is 3.18. The highest BCUT2D eigenvalue weighted by molar-refractivity contribution is 6.30. The van der Waals surface area contributed by atoms with Crippen molar-refractivity contribution in [2.45, 2.75) is 6.92 Å². The van der Waals surface area contributed by atoms with E-state index in [1.54, 1.807) is 25.3 Å². The lowest BCUT2D eigenvalue weighted by atomic mass is 10.2. The highest BCUT2D eigenvalue weighted by Gasteiger charge is 2.15. The van der Waals surface area contributed by atoms with Gasteiger partial charge in [-0.1, -0.05) is 17.7 Å². The standard InChI is InChI=1S/C16H14ClN3O2/c1-2-22-16(21)13-9-19-15(12-6-7-18-14(12)13)20-11-5-3-4-10(17)8-11/h3-9,18H,2H2,1H3,(H,19,20). The molecule has 0 spiro atoms. The first kappa shape index (κ1) is 14.4. The minimum Gasteiger partial charge on any atom is -0.462 e. The van der Waals surface area contributed by atoms with Crippen molar-refractivity contribution in [2.24, 2.45) is 0 Å². The van der Waals surface area contributed by atoms with Gasteiger partial charge in [0.15, 0.2) is 0 Å². The van der Waals surface area contributed by atoms with Crippen molar-refractivity contribution in [3.05, 3.63) is 53.3 Å². The molecule has 0 radical (unpaired) electrons. The molecule has 0 atom stereocenters. The Morgan fingerprint density at radius 1 is 1.41 bits per heavy atom. The molecule has 0 saturated heterocycles. The number of esters is 1. The van der Waals surface area contributed by atoms with Crippen LogP contribution in [-0.4, -0.2) is 22.5 Å². The van der Waals surface area contributed by atoms with Crippen molar-refractivity contribution < 1.29 is 9.53 Å². The smallest absolute Gasteiger partial charge is 0.341 e. The SMILES string of the molecule is CCOC(=O)c1cnc(Nc2cccc(Cl)c2)c2cc[nH]c12. The molecular weight excluding hydrogens is 302 g/mol. The van der Waals surface area contributed by atoms with Gasteiger partial charge in [-0.25, -0.2) is 9.78 Å². The fourth-order valence-corrected chi connectivity index (χ4v) is 2.41. The van der Waals surface area contributed by atoms with Gasteiger partial charge >= 0.3 is 5.97 Å². The number of ether oxygens (including phenoxy) is 1. The van der Waals surface area contributed by atoms with Crippen LogP contribution in [0.5, 0.6) is 0 Å². The minimum atomic E-state index is -0.392. The Labute approximate surface area is 132 Å². The first-order valence-corrected chi connectivity index (χ1v) is 7.22. The van der Waals surface area contributed by atoms with E-state index < -0.39 is 5.97 Å². The predicted molar refractivity (Wildman–Crippen MR) is 86.8 cm³/mol. The van der Waals surface area contributed by atoms with Gasteiger partial charge in [0, 0.05) is 28.5 Å². The van der Waals surface area contributed by atoms with Crippen LogP contribution in [0.1, 0.15) is 17.3 Å². The van der Waals surface area contributed by atoms with Crippen molar-refractivity contribution in [1.29, 1.82) is 0 Å². The third kappa shape index (κ3) is 2.76. The fraction of sp³-hybridized carbons (Fsp3) is 0.125. The van der Waals surface area contributed by atoms with E-state index in [2.05, 4.69) is 15.3 Å². The molecule has 0 aliphatic rings. The number of H-pyrrole nitrogens is 1. The highest BCUT2D eigenvalue weighted by atomic mass is 35.5. The number of aromatic nitrogens is 2. The van der Waals surface area contributed by atoms with Crippen LogP contribution in [0.25, 0.3) is 10.9 Å².